The van der Waals surface area contributed by atoms with Gasteiger partial charge in [0.25, 0.3) is 0 Å². The van der Waals surface area contributed by atoms with Crippen LogP contribution in [0.2, 0.25) is 0 Å². The fraction of sp³-hybridized carbons (Fsp3) is 0.462. The minimum Gasteiger partial charge on any atom is -0.461 e. The summed E-state index contributed by atoms with van der Waals surface area (Å²) in [7, 11) is 0. The van der Waals surface area contributed by atoms with Gasteiger partial charge < -0.3 is 4.74 Å². The predicted molar refractivity (Wildman–Crippen MR) is 60.3 cm³/mol. The first kappa shape index (κ1) is 12.7. The molecule has 0 unspecified atom stereocenters. The highest BCUT2D eigenvalue weighted by Gasteiger charge is 2.02. The molecule has 0 aliphatic heterocycles. The maximum Gasteiger partial charge on any atom is 0.306 e. The van der Waals surface area contributed by atoms with Gasteiger partial charge in [0.2, 0.25) is 0 Å². The number of benzene rings is 1. The third kappa shape index (κ3) is 5.51. The molecule has 1 rings (SSSR count). The summed E-state index contributed by atoms with van der Waals surface area (Å²) in [5, 5.41) is 10.2. The Morgan fingerprint density at radius 1 is 1.06 bits per heavy atom. The maximum atomic E-state index is 11.3. The van der Waals surface area contributed by atoms with Gasteiger partial charge in [0.05, 0.1) is 6.61 Å². The molecular formula is C13H17O3. The Hall–Kier alpha value is -1.35. The van der Waals surface area contributed by atoms with Crippen LogP contribution in [0.5, 0.6) is 0 Å². The molecule has 0 aliphatic rings. The number of ether oxygens (including phenoxy) is 1. The van der Waals surface area contributed by atoms with Crippen LogP contribution in [0, 0.1) is 0 Å². The highest BCUT2D eigenvalue weighted by Crippen LogP contribution is 2.04. The maximum absolute atomic E-state index is 11.3. The fourth-order valence-electron chi connectivity index (χ4n) is 1.36. The second kappa shape index (κ2) is 7.88. The molecule has 16 heavy (non-hydrogen) atoms. The quantitative estimate of drug-likeness (QED) is 0.525. The lowest BCUT2D eigenvalue weighted by molar-refractivity contribution is -0.145. The van der Waals surface area contributed by atoms with Gasteiger partial charge in [0.15, 0.2) is 0 Å². The molecule has 3 heteroatoms. The number of carbonyl (C=O) groups excluding carboxylic acids is 1. The minimum absolute atomic E-state index is 0.0565. The molecule has 1 aromatic rings. The molecule has 0 spiro atoms. The Morgan fingerprint density at radius 3 is 2.50 bits per heavy atom. The number of carbonyl (C=O) groups is 1. The summed E-state index contributed by atoms with van der Waals surface area (Å²) in [4.78, 5) is 11.3. The van der Waals surface area contributed by atoms with E-state index in [4.69, 9.17) is 4.74 Å². The molecule has 3 nitrogen and oxygen atoms in total. The van der Waals surface area contributed by atoms with Crippen LogP contribution in [0.15, 0.2) is 30.3 Å². The van der Waals surface area contributed by atoms with Gasteiger partial charge in [-0.2, -0.15) is 0 Å². The molecule has 0 aliphatic carbocycles. The smallest absolute Gasteiger partial charge is 0.306 e. The second-order valence-corrected chi connectivity index (χ2v) is 3.66. The normalized spacial score (nSPS) is 10.1. The SMILES string of the molecule is [O]CCCCCC(=O)OCc1ccccc1. The van der Waals surface area contributed by atoms with Crippen LogP contribution < -0.4 is 0 Å². The Bertz CT molecular complexity index is 295. The van der Waals surface area contributed by atoms with Gasteiger partial charge in [0, 0.05) is 6.42 Å². The van der Waals surface area contributed by atoms with Crippen LogP contribution in [-0.4, -0.2) is 12.6 Å². The van der Waals surface area contributed by atoms with Crippen LogP contribution in [0.25, 0.3) is 0 Å². The van der Waals surface area contributed by atoms with Crippen LogP contribution >= 0.6 is 0 Å². The molecule has 1 radical (unpaired) electrons. The highest BCUT2D eigenvalue weighted by molar-refractivity contribution is 5.69. The lowest BCUT2D eigenvalue weighted by Gasteiger charge is -2.04. The summed E-state index contributed by atoms with van der Waals surface area (Å²) in [6.45, 7) is 0.278. The molecule has 0 saturated heterocycles. The molecule has 0 aromatic heterocycles. The summed E-state index contributed by atoms with van der Waals surface area (Å²) < 4.78 is 5.09. The van der Waals surface area contributed by atoms with Crippen LogP contribution in [-0.2, 0) is 21.2 Å². The van der Waals surface area contributed by atoms with E-state index in [1.54, 1.807) is 0 Å². The number of esters is 1. The van der Waals surface area contributed by atoms with Crippen LogP contribution in [0.1, 0.15) is 31.2 Å². The molecule has 0 fully saturated rings. The van der Waals surface area contributed by atoms with E-state index in [0.717, 1.165) is 18.4 Å². The highest BCUT2D eigenvalue weighted by atomic mass is 16.5. The Labute approximate surface area is 96.1 Å². The zero-order valence-electron chi connectivity index (χ0n) is 9.35. The third-order valence-electron chi connectivity index (χ3n) is 2.27. The van der Waals surface area contributed by atoms with Gasteiger partial charge in [-0.05, 0) is 18.4 Å². The van der Waals surface area contributed by atoms with Gasteiger partial charge in [-0.25, -0.2) is 5.11 Å². The van der Waals surface area contributed by atoms with Gasteiger partial charge in [-0.1, -0.05) is 36.8 Å². The summed E-state index contributed by atoms with van der Waals surface area (Å²) >= 11 is 0. The second-order valence-electron chi connectivity index (χ2n) is 3.66. The van der Waals surface area contributed by atoms with E-state index in [9.17, 15) is 9.90 Å². The molecule has 87 valence electrons. The Kier molecular flexibility index (Phi) is 6.26. The third-order valence-corrected chi connectivity index (χ3v) is 2.27. The first-order valence-electron chi connectivity index (χ1n) is 5.60. The summed E-state index contributed by atoms with van der Waals surface area (Å²) in [5.74, 6) is -0.185. The van der Waals surface area contributed by atoms with Crippen molar-refractivity contribution in [3.63, 3.8) is 0 Å². The van der Waals surface area contributed by atoms with Crippen molar-refractivity contribution in [2.75, 3.05) is 6.61 Å². The van der Waals surface area contributed by atoms with E-state index in [-0.39, 0.29) is 12.6 Å². The average molecular weight is 221 g/mol. The van der Waals surface area contributed by atoms with E-state index in [0.29, 0.717) is 19.4 Å². The van der Waals surface area contributed by atoms with E-state index >= 15 is 0 Å². The zero-order chi connectivity index (χ0) is 11.6. The van der Waals surface area contributed by atoms with Gasteiger partial charge in [-0.3, -0.25) is 4.79 Å². The minimum atomic E-state index is -0.185. The molecule has 1 aromatic carbocycles. The number of unbranched alkanes of at least 4 members (excludes halogenated alkanes) is 2. The van der Waals surface area contributed by atoms with Crippen molar-refractivity contribution in [2.45, 2.75) is 32.3 Å². The molecule has 0 bridgehead atoms. The predicted octanol–water partition coefficient (Wildman–Crippen LogP) is 2.72. The van der Waals surface area contributed by atoms with E-state index in [1.807, 2.05) is 30.3 Å². The van der Waals surface area contributed by atoms with Crippen LogP contribution in [0.3, 0.4) is 0 Å². The molecule has 0 atom stereocenters. The topological polar surface area (TPSA) is 46.2 Å². The summed E-state index contributed by atoms with van der Waals surface area (Å²) in [6.07, 6.45) is 2.61. The summed E-state index contributed by atoms with van der Waals surface area (Å²) in [5.41, 5.74) is 0.996. The van der Waals surface area contributed by atoms with Crippen molar-refractivity contribution in [3.05, 3.63) is 35.9 Å². The van der Waals surface area contributed by atoms with E-state index < -0.39 is 0 Å². The average Bonchev–Trinajstić information content (AvgIpc) is 2.33. The van der Waals surface area contributed by atoms with Crippen molar-refractivity contribution in [3.8, 4) is 0 Å². The van der Waals surface area contributed by atoms with Crippen molar-refractivity contribution in [1.29, 1.82) is 0 Å². The van der Waals surface area contributed by atoms with Crippen molar-refractivity contribution < 1.29 is 14.6 Å². The lowest BCUT2D eigenvalue weighted by atomic mass is 10.2. The molecule has 0 N–H and O–H groups in total. The van der Waals surface area contributed by atoms with Crippen molar-refractivity contribution >= 4 is 5.97 Å². The van der Waals surface area contributed by atoms with E-state index in [2.05, 4.69) is 0 Å². The first-order valence-corrected chi connectivity index (χ1v) is 5.60. The standard InChI is InChI=1S/C13H17O3/c14-10-6-2-5-9-13(15)16-11-12-7-3-1-4-8-12/h1,3-4,7-8H,2,5-6,9-11H2. The van der Waals surface area contributed by atoms with E-state index in [1.165, 1.54) is 0 Å². The number of rotatable bonds is 7. The van der Waals surface area contributed by atoms with Gasteiger partial charge in [-0.15, -0.1) is 0 Å². The van der Waals surface area contributed by atoms with Crippen molar-refractivity contribution in [1.82, 2.24) is 0 Å². The summed E-state index contributed by atoms with van der Waals surface area (Å²) in [6, 6.07) is 9.60. The largest absolute Gasteiger partial charge is 0.461 e. The van der Waals surface area contributed by atoms with Gasteiger partial charge in [0.1, 0.15) is 6.61 Å². The van der Waals surface area contributed by atoms with Crippen molar-refractivity contribution in [2.24, 2.45) is 0 Å². The van der Waals surface area contributed by atoms with Gasteiger partial charge >= 0.3 is 5.97 Å². The Morgan fingerprint density at radius 2 is 1.81 bits per heavy atom. The Balaban J connectivity index is 2.11. The number of hydrogen-bond donors (Lipinski definition) is 0. The zero-order valence-corrected chi connectivity index (χ0v) is 9.35. The monoisotopic (exact) mass is 221 g/mol. The fourth-order valence-corrected chi connectivity index (χ4v) is 1.36. The molecule has 0 amide bonds. The number of hydrogen-bond acceptors (Lipinski definition) is 2. The molecule has 0 heterocycles. The first-order chi connectivity index (χ1) is 7.83. The molecule has 0 saturated carbocycles. The lowest BCUT2D eigenvalue weighted by Crippen LogP contribution is -2.04. The van der Waals surface area contributed by atoms with Crippen LogP contribution in [0.4, 0.5) is 0 Å². The molecular weight excluding hydrogens is 204 g/mol.